The molecule has 0 heterocycles. The molecule has 27 heavy (non-hydrogen) atoms. The molecule has 0 aliphatic heterocycles. The van der Waals surface area contributed by atoms with Crippen LogP contribution in [0.15, 0.2) is 60.4 Å². The lowest BCUT2D eigenvalue weighted by molar-refractivity contribution is -0.149. The highest BCUT2D eigenvalue weighted by Crippen LogP contribution is 2.32. The summed E-state index contributed by atoms with van der Waals surface area (Å²) in [6, 6.07) is 16.1. The van der Waals surface area contributed by atoms with Crippen LogP contribution in [0.5, 0.6) is 5.75 Å². The topological polar surface area (TPSA) is 61.8 Å². The van der Waals surface area contributed by atoms with E-state index in [-0.39, 0.29) is 5.97 Å². The Balaban J connectivity index is 2.37. The van der Waals surface area contributed by atoms with Crippen LogP contribution in [0.2, 0.25) is 0 Å². The Labute approximate surface area is 159 Å². The minimum absolute atomic E-state index is 0.322. The van der Waals surface area contributed by atoms with E-state index in [4.69, 9.17) is 14.2 Å². The lowest BCUT2D eigenvalue weighted by atomic mass is 9.89. The molecule has 0 atom stereocenters. The van der Waals surface area contributed by atoms with E-state index >= 15 is 0 Å². The molecule has 0 amide bonds. The second-order valence-corrected chi connectivity index (χ2v) is 6.38. The van der Waals surface area contributed by atoms with Crippen LogP contribution in [0.25, 0.3) is 6.08 Å². The zero-order chi connectivity index (χ0) is 19.9. The van der Waals surface area contributed by atoms with Crippen molar-refractivity contribution >= 4 is 18.0 Å². The van der Waals surface area contributed by atoms with Crippen molar-refractivity contribution in [2.24, 2.45) is 5.41 Å². The summed E-state index contributed by atoms with van der Waals surface area (Å²) in [6.07, 6.45) is 1.76. The lowest BCUT2D eigenvalue weighted by Crippen LogP contribution is -2.30. The van der Waals surface area contributed by atoms with Crippen LogP contribution in [-0.2, 0) is 14.3 Å². The van der Waals surface area contributed by atoms with Crippen LogP contribution < -0.4 is 4.74 Å². The summed E-state index contributed by atoms with van der Waals surface area (Å²) in [5, 5.41) is 0. The minimum Gasteiger partial charge on any atom is -0.468 e. The first kappa shape index (κ1) is 20.2. The number of ether oxygens (including phenoxy) is 3. The summed E-state index contributed by atoms with van der Waals surface area (Å²) in [4.78, 5) is 24.0. The number of hydrogen-bond acceptors (Lipinski definition) is 5. The third-order valence-corrected chi connectivity index (χ3v) is 4.00. The lowest BCUT2D eigenvalue weighted by Gasteiger charge is -2.25. The fraction of sp³-hybridized carbons (Fsp3) is 0.273. The summed E-state index contributed by atoms with van der Waals surface area (Å²) >= 11 is 0. The number of esters is 2. The molecule has 5 heteroatoms. The summed E-state index contributed by atoms with van der Waals surface area (Å²) < 4.78 is 15.9. The third kappa shape index (κ3) is 5.20. The van der Waals surface area contributed by atoms with E-state index in [2.05, 4.69) is 0 Å². The van der Waals surface area contributed by atoms with E-state index in [0.29, 0.717) is 23.7 Å². The van der Waals surface area contributed by atoms with E-state index in [0.717, 1.165) is 5.56 Å². The van der Waals surface area contributed by atoms with Crippen molar-refractivity contribution in [3.8, 4) is 5.75 Å². The Morgan fingerprint density at radius 3 is 2.19 bits per heavy atom. The molecule has 0 aliphatic rings. The maximum absolute atomic E-state index is 12.3. The molecule has 2 aromatic carbocycles. The second kappa shape index (κ2) is 9.03. The van der Waals surface area contributed by atoms with Crippen molar-refractivity contribution in [1.82, 2.24) is 0 Å². The van der Waals surface area contributed by atoms with Gasteiger partial charge in [0.15, 0.2) is 0 Å². The first-order valence-corrected chi connectivity index (χ1v) is 8.69. The zero-order valence-electron chi connectivity index (χ0n) is 16.0. The van der Waals surface area contributed by atoms with E-state index < -0.39 is 11.4 Å². The average Bonchev–Trinajstić information content (AvgIpc) is 2.68. The molecule has 0 aromatic heterocycles. The Kier molecular flexibility index (Phi) is 6.77. The number of benzene rings is 2. The molecular weight excluding hydrogens is 344 g/mol. The van der Waals surface area contributed by atoms with Gasteiger partial charge in [-0.2, -0.15) is 0 Å². The first-order chi connectivity index (χ1) is 12.9. The van der Waals surface area contributed by atoms with Crippen LogP contribution in [0.1, 0.15) is 36.7 Å². The maximum atomic E-state index is 12.3. The molecule has 2 aromatic rings. The highest BCUT2D eigenvalue weighted by molar-refractivity contribution is 5.89. The normalized spacial score (nSPS) is 11.6. The predicted octanol–water partition coefficient (Wildman–Crippen LogP) is 4.48. The molecule has 0 fully saturated rings. The Morgan fingerprint density at radius 1 is 1.00 bits per heavy atom. The van der Waals surface area contributed by atoms with Crippen molar-refractivity contribution < 1.29 is 23.8 Å². The molecule has 2 rings (SSSR count). The van der Waals surface area contributed by atoms with E-state index in [1.165, 1.54) is 7.11 Å². The molecule has 0 unspecified atom stereocenters. The van der Waals surface area contributed by atoms with Crippen LogP contribution in [0.3, 0.4) is 0 Å². The van der Waals surface area contributed by atoms with Crippen LogP contribution in [0, 0.1) is 5.41 Å². The van der Waals surface area contributed by atoms with Gasteiger partial charge in [0, 0.05) is 0 Å². The highest BCUT2D eigenvalue weighted by Gasteiger charge is 2.35. The molecular formula is C22H24O5. The van der Waals surface area contributed by atoms with Crippen LogP contribution in [0.4, 0.5) is 0 Å². The number of carbonyl (C=O) groups is 2. The van der Waals surface area contributed by atoms with Crippen molar-refractivity contribution in [2.75, 3.05) is 13.7 Å². The first-order valence-electron chi connectivity index (χ1n) is 8.69. The fourth-order valence-corrected chi connectivity index (χ4v) is 2.39. The minimum atomic E-state index is -0.996. The Bertz CT molecular complexity index is 804. The summed E-state index contributed by atoms with van der Waals surface area (Å²) in [6.45, 7) is 5.56. The molecule has 0 saturated carbocycles. The molecule has 142 valence electrons. The predicted molar refractivity (Wildman–Crippen MR) is 103 cm³/mol. The summed E-state index contributed by atoms with van der Waals surface area (Å²) in [5.41, 5.74) is 0.252. The monoisotopic (exact) mass is 368 g/mol. The zero-order valence-corrected chi connectivity index (χ0v) is 16.0. The molecule has 0 radical (unpaired) electrons. The smallest absolute Gasteiger partial charge is 0.338 e. The van der Waals surface area contributed by atoms with Gasteiger partial charge in [-0.25, -0.2) is 4.79 Å². The molecule has 5 nitrogen and oxygen atoms in total. The number of methoxy groups -OCH3 is 1. The number of para-hydroxylation sites is 1. The van der Waals surface area contributed by atoms with Gasteiger partial charge in [-0.15, -0.1) is 0 Å². The van der Waals surface area contributed by atoms with Gasteiger partial charge in [-0.05, 0) is 56.7 Å². The number of carbonyl (C=O) groups excluding carboxylic acids is 2. The number of hydrogen-bond donors (Lipinski definition) is 0. The van der Waals surface area contributed by atoms with Gasteiger partial charge in [0.1, 0.15) is 16.9 Å². The standard InChI is InChI=1S/C22H24O5/c1-5-26-20(23)17-13-11-16(12-14-17)15-19(22(2,3)21(24)25-4)27-18-9-7-6-8-10-18/h6-15H,5H2,1-4H3/b19-15+. The second-order valence-electron chi connectivity index (χ2n) is 6.38. The van der Waals surface area contributed by atoms with Crippen molar-refractivity contribution in [2.45, 2.75) is 20.8 Å². The SMILES string of the molecule is CCOC(=O)c1ccc(/C=C(/Oc2ccccc2)C(C)(C)C(=O)OC)cc1. The number of rotatable bonds is 7. The van der Waals surface area contributed by atoms with Gasteiger partial charge in [-0.3, -0.25) is 4.79 Å². The van der Waals surface area contributed by atoms with Crippen LogP contribution in [-0.4, -0.2) is 25.7 Å². The molecule has 0 N–H and O–H groups in total. The van der Waals surface area contributed by atoms with Gasteiger partial charge in [0.05, 0.1) is 19.3 Å². The van der Waals surface area contributed by atoms with Gasteiger partial charge < -0.3 is 14.2 Å². The third-order valence-electron chi connectivity index (χ3n) is 4.00. The Morgan fingerprint density at radius 2 is 1.63 bits per heavy atom. The molecule has 0 bridgehead atoms. The molecule has 0 spiro atoms. The van der Waals surface area contributed by atoms with Crippen LogP contribution >= 0.6 is 0 Å². The van der Waals surface area contributed by atoms with E-state index in [1.807, 2.05) is 30.3 Å². The summed E-state index contributed by atoms with van der Waals surface area (Å²) in [7, 11) is 1.35. The van der Waals surface area contributed by atoms with E-state index in [9.17, 15) is 9.59 Å². The summed E-state index contributed by atoms with van der Waals surface area (Å²) in [5.74, 6) is 0.268. The fourth-order valence-electron chi connectivity index (χ4n) is 2.39. The highest BCUT2D eigenvalue weighted by atomic mass is 16.5. The molecule has 0 saturated heterocycles. The van der Waals surface area contributed by atoms with Crippen molar-refractivity contribution in [3.05, 3.63) is 71.5 Å². The maximum Gasteiger partial charge on any atom is 0.338 e. The Hall–Kier alpha value is -3.08. The quantitative estimate of drug-likeness (QED) is 0.532. The average molecular weight is 368 g/mol. The largest absolute Gasteiger partial charge is 0.468 e. The molecule has 0 aliphatic carbocycles. The van der Waals surface area contributed by atoms with E-state index in [1.54, 1.807) is 51.1 Å². The van der Waals surface area contributed by atoms with Crippen molar-refractivity contribution in [3.63, 3.8) is 0 Å². The van der Waals surface area contributed by atoms with Gasteiger partial charge in [-0.1, -0.05) is 30.3 Å². The van der Waals surface area contributed by atoms with Gasteiger partial charge >= 0.3 is 11.9 Å². The van der Waals surface area contributed by atoms with Gasteiger partial charge in [0.2, 0.25) is 0 Å². The van der Waals surface area contributed by atoms with Crippen molar-refractivity contribution in [1.29, 1.82) is 0 Å². The van der Waals surface area contributed by atoms with Gasteiger partial charge in [0.25, 0.3) is 0 Å².